The Hall–Kier alpha value is -0.630. The van der Waals surface area contributed by atoms with Gasteiger partial charge in [0.15, 0.2) is 0 Å². The van der Waals surface area contributed by atoms with Crippen molar-refractivity contribution >= 4 is 0 Å². The summed E-state index contributed by atoms with van der Waals surface area (Å²) in [5.74, 6) is 0. The second-order valence-corrected chi connectivity index (χ2v) is 5.27. The second-order valence-electron chi connectivity index (χ2n) is 5.27. The van der Waals surface area contributed by atoms with Crippen molar-refractivity contribution in [3.05, 3.63) is 0 Å². The molecule has 0 radical (unpaired) electrons. The molecule has 1 atom stereocenters. The number of hydrogen-bond donors (Lipinski definition) is 1. The van der Waals surface area contributed by atoms with Crippen LogP contribution in [0.2, 0.25) is 0 Å². The average molecular weight is 255 g/mol. The largest absolute Gasteiger partial charge is 0.383 e. The maximum Gasteiger partial charge on any atom is 0.103 e. The quantitative estimate of drug-likeness (QED) is 0.607. The van der Waals surface area contributed by atoms with Gasteiger partial charge in [0.1, 0.15) is 5.54 Å². The van der Waals surface area contributed by atoms with E-state index in [1.807, 2.05) is 14.0 Å². The number of hydrogen-bond acceptors (Lipinski definition) is 4. The number of unbranched alkanes of at least 4 members (excludes halogenated alkanes) is 1. The molecule has 106 valence electrons. The van der Waals surface area contributed by atoms with Gasteiger partial charge in [0.05, 0.1) is 12.7 Å². The molecule has 0 aliphatic heterocycles. The lowest BCUT2D eigenvalue weighted by Gasteiger charge is -2.27. The van der Waals surface area contributed by atoms with Crippen molar-refractivity contribution in [3.63, 3.8) is 0 Å². The molecule has 0 bridgehead atoms. The lowest BCUT2D eigenvalue weighted by atomic mass is 9.97. The number of nitrogens with one attached hydrogen (secondary N) is 1. The Bertz CT molecular complexity index is 250. The summed E-state index contributed by atoms with van der Waals surface area (Å²) < 4.78 is 5.12. The third-order valence-electron chi connectivity index (χ3n) is 3.48. The molecule has 4 heteroatoms. The van der Waals surface area contributed by atoms with Crippen LogP contribution in [0.5, 0.6) is 0 Å². The van der Waals surface area contributed by atoms with Gasteiger partial charge in [-0.2, -0.15) is 5.26 Å². The number of nitriles is 1. The van der Waals surface area contributed by atoms with Gasteiger partial charge in [-0.1, -0.05) is 0 Å². The fourth-order valence-corrected chi connectivity index (χ4v) is 1.87. The smallest absolute Gasteiger partial charge is 0.103 e. The molecule has 0 saturated carbocycles. The van der Waals surface area contributed by atoms with Crippen LogP contribution in [0.4, 0.5) is 0 Å². The third-order valence-corrected chi connectivity index (χ3v) is 3.48. The molecule has 0 spiro atoms. The summed E-state index contributed by atoms with van der Waals surface area (Å²) in [7, 11) is 3.59. The van der Waals surface area contributed by atoms with Crippen LogP contribution in [0.1, 0.15) is 40.0 Å². The van der Waals surface area contributed by atoms with Crippen LogP contribution in [-0.4, -0.2) is 50.3 Å². The molecule has 18 heavy (non-hydrogen) atoms. The first kappa shape index (κ1) is 17.4. The Kier molecular flexibility index (Phi) is 8.99. The van der Waals surface area contributed by atoms with E-state index in [1.54, 1.807) is 7.11 Å². The fourth-order valence-electron chi connectivity index (χ4n) is 1.87. The lowest BCUT2D eigenvalue weighted by molar-refractivity contribution is 0.127. The molecule has 0 aromatic rings. The van der Waals surface area contributed by atoms with Gasteiger partial charge in [-0.3, -0.25) is 4.90 Å². The Morgan fingerprint density at radius 1 is 1.33 bits per heavy atom. The van der Waals surface area contributed by atoms with E-state index < -0.39 is 0 Å². The SMILES string of the molecule is CNC(C)(C#N)CCCCN(CCOC)C(C)C. The minimum Gasteiger partial charge on any atom is -0.383 e. The fraction of sp³-hybridized carbons (Fsp3) is 0.929. The first-order valence-corrected chi connectivity index (χ1v) is 6.82. The Morgan fingerprint density at radius 3 is 2.44 bits per heavy atom. The molecule has 0 aliphatic rings. The second kappa shape index (κ2) is 9.32. The Balaban J connectivity index is 3.90. The van der Waals surface area contributed by atoms with E-state index >= 15 is 0 Å². The minimum atomic E-state index is -0.380. The molecule has 0 amide bonds. The van der Waals surface area contributed by atoms with Crippen molar-refractivity contribution in [3.8, 4) is 6.07 Å². The zero-order chi connectivity index (χ0) is 14.0. The first-order valence-electron chi connectivity index (χ1n) is 6.82. The summed E-state index contributed by atoms with van der Waals surface area (Å²) in [5.41, 5.74) is -0.380. The molecule has 0 saturated heterocycles. The molecule has 1 N–H and O–H groups in total. The van der Waals surface area contributed by atoms with Gasteiger partial charge in [-0.05, 0) is 53.6 Å². The minimum absolute atomic E-state index is 0.380. The normalized spacial score (nSPS) is 14.8. The van der Waals surface area contributed by atoms with E-state index in [-0.39, 0.29) is 5.54 Å². The predicted molar refractivity (Wildman–Crippen MR) is 75.5 cm³/mol. The van der Waals surface area contributed by atoms with Crippen LogP contribution in [-0.2, 0) is 4.74 Å². The molecule has 1 unspecified atom stereocenters. The van der Waals surface area contributed by atoms with Gasteiger partial charge >= 0.3 is 0 Å². The molecule has 4 nitrogen and oxygen atoms in total. The van der Waals surface area contributed by atoms with E-state index in [2.05, 4.69) is 30.1 Å². The molecule has 0 rings (SSSR count). The van der Waals surface area contributed by atoms with Gasteiger partial charge in [0.25, 0.3) is 0 Å². The Morgan fingerprint density at radius 2 is 2.00 bits per heavy atom. The van der Waals surface area contributed by atoms with Crippen molar-refractivity contribution in [1.82, 2.24) is 10.2 Å². The molecule has 0 aromatic carbocycles. The standard InChI is InChI=1S/C14H29N3O/c1-13(2)17(10-11-18-5)9-7-6-8-14(3,12-15)16-4/h13,16H,6-11H2,1-5H3. The Labute approximate surface area is 112 Å². The van der Waals surface area contributed by atoms with E-state index in [4.69, 9.17) is 10.00 Å². The number of nitrogens with zero attached hydrogens (tertiary/aromatic N) is 2. The predicted octanol–water partition coefficient (Wildman–Crippen LogP) is 2.02. The third kappa shape index (κ3) is 6.95. The van der Waals surface area contributed by atoms with E-state index in [0.29, 0.717) is 6.04 Å². The van der Waals surface area contributed by atoms with Crippen molar-refractivity contribution in [2.24, 2.45) is 0 Å². The summed E-state index contributed by atoms with van der Waals surface area (Å²) in [5, 5.41) is 12.1. The molecule has 0 fully saturated rings. The van der Waals surface area contributed by atoms with E-state index in [1.165, 1.54) is 0 Å². The summed E-state index contributed by atoms with van der Waals surface area (Å²) in [6, 6.07) is 2.88. The number of ether oxygens (including phenoxy) is 1. The van der Waals surface area contributed by atoms with Crippen molar-refractivity contribution in [1.29, 1.82) is 5.26 Å². The molecular formula is C14H29N3O. The number of rotatable bonds is 10. The zero-order valence-electron chi connectivity index (χ0n) is 12.6. The molecular weight excluding hydrogens is 226 g/mol. The van der Waals surface area contributed by atoms with Crippen LogP contribution < -0.4 is 5.32 Å². The topological polar surface area (TPSA) is 48.3 Å². The van der Waals surface area contributed by atoms with Crippen LogP contribution in [0.15, 0.2) is 0 Å². The molecule has 0 aromatic heterocycles. The van der Waals surface area contributed by atoms with Crippen LogP contribution in [0.25, 0.3) is 0 Å². The van der Waals surface area contributed by atoms with Crippen molar-refractivity contribution < 1.29 is 4.74 Å². The highest BCUT2D eigenvalue weighted by Crippen LogP contribution is 2.13. The van der Waals surface area contributed by atoms with Gasteiger partial charge < -0.3 is 10.1 Å². The van der Waals surface area contributed by atoms with Gasteiger partial charge in [0, 0.05) is 19.7 Å². The zero-order valence-corrected chi connectivity index (χ0v) is 12.6. The van der Waals surface area contributed by atoms with Gasteiger partial charge in [-0.25, -0.2) is 0 Å². The van der Waals surface area contributed by atoms with Crippen LogP contribution in [0, 0.1) is 11.3 Å². The van der Waals surface area contributed by atoms with E-state index in [0.717, 1.165) is 39.0 Å². The van der Waals surface area contributed by atoms with Crippen molar-refractivity contribution in [2.75, 3.05) is 33.9 Å². The number of methoxy groups -OCH3 is 1. The summed E-state index contributed by atoms with van der Waals surface area (Å²) in [6.45, 7) is 9.22. The molecule has 0 aliphatic carbocycles. The van der Waals surface area contributed by atoms with Gasteiger partial charge in [0.2, 0.25) is 0 Å². The lowest BCUT2D eigenvalue weighted by Crippen LogP contribution is -2.38. The first-order chi connectivity index (χ1) is 8.49. The van der Waals surface area contributed by atoms with Gasteiger partial charge in [-0.15, -0.1) is 0 Å². The average Bonchev–Trinajstić information content (AvgIpc) is 2.37. The summed E-state index contributed by atoms with van der Waals surface area (Å²) >= 11 is 0. The molecule has 0 heterocycles. The monoisotopic (exact) mass is 255 g/mol. The van der Waals surface area contributed by atoms with E-state index in [9.17, 15) is 0 Å². The summed E-state index contributed by atoms with van der Waals surface area (Å²) in [4.78, 5) is 2.42. The maximum absolute atomic E-state index is 9.06. The highest BCUT2D eigenvalue weighted by atomic mass is 16.5. The highest BCUT2D eigenvalue weighted by molar-refractivity contribution is 5.02. The van der Waals surface area contributed by atoms with Crippen LogP contribution in [0.3, 0.4) is 0 Å². The van der Waals surface area contributed by atoms with Crippen LogP contribution >= 0.6 is 0 Å². The maximum atomic E-state index is 9.06. The summed E-state index contributed by atoms with van der Waals surface area (Å²) in [6.07, 6.45) is 3.10. The highest BCUT2D eigenvalue weighted by Gasteiger charge is 2.20. The van der Waals surface area contributed by atoms with Crippen molar-refractivity contribution in [2.45, 2.75) is 51.6 Å².